The van der Waals surface area contributed by atoms with Crippen molar-refractivity contribution in [2.75, 3.05) is 4.90 Å². The van der Waals surface area contributed by atoms with E-state index >= 15 is 0 Å². The molecule has 0 spiro atoms. The number of hydrogen-bond donors (Lipinski definition) is 1. The number of nitrogens with one attached hydrogen (secondary N) is 1. The first-order valence-electron chi connectivity index (χ1n) is 6.59. The van der Waals surface area contributed by atoms with Crippen molar-refractivity contribution < 1.29 is 14.0 Å². The van der Waals surface area contributed by atoms with Gasteiger partial charge < -0.3 is 4.42 Å². The number of aryl methyl sites for hydroxylation is 1. The Kier molecular flexibility index (Phi) is 3.60. The molecule has 0 radical (unpaired) electrons. The first-order chi connectivity index (χ1) is 10.6. The molecule has 2 amide bonds. The minimum absolute atomic E-state index is 0.0215. The molecule has 6 heteroatoms. The summed E-state index contributed by atoms with van der Waals surface area (Å²) in [6.07, 6.45) is 1.42. The SMILES string of the molecule is Cc1ccc(/C=C2/C(=O)NC(=S)N(c3ccccc3)C2=O)o1. The van der Waals surface area contributed by atoms with Crippen molar-refractivity contribution in [2.24, 2.45) is 0 Å². The lowest BCUT2D eigenvalue weighted by atomic mass is 10.1. The summed E-state index contributed by atoms with van der Waals surface area (Å²) in [4.78, 5) is 26.0. The fraction of sp³-hybridized carbons (Fsp3) is 0.0625. The van der Waals surface area contributed by atoms with E-state index in [-0.39, 0.29) is 10.7 Å². The van der Waals surface area contributed by atoms with Gasteiger partial charge in [0, 0.05) is 0 Å². The summed E-state index contributed by atoms with van der Waals surface area (Å²) in [6.45, 7) is 1.79. The summed E-state index contributed by atoms with van der Waals surface area (Å²) < 4.78 is 5.39. The van der Waals surface area contributed by atoms with Crippen molar-refractivity contribution in [3.63, 3.8) is 0 Å². The van der Waals surface area contributed by atoms with E-state index in [0.29, 0.717) is 17.2 Å². The largest absolute Gasteiger partial charge is 0.462 e. The number of nitrogens with zero attached hydrogens (tertiary/aromatic N) is 1. The lowest BCUT2D eigenvalue weighted by Crippen LogP contribution is -2.54. The maximum atomic E-state index is 12.6. The minimum Gasteiger partial charge on any atom is -0.462 e. The van der Waals surface area contributed by atoms with Gasteiger partial charge in [0.1, 0.15) is 17.1 Å². The van der Waals surface area contributed by atoms with Gasteiger partial charge >= 0.3 is 0 Å². The van der Waals surface area contributed by atoms with Gasteiger partial charge in [0.05, 0.1) is 5.69 Å². The number of hydrogen-bond acceptors (Lipinski definition) is 4. The highest BCUT2D eigenvalue weighted by molar-refractivity contribution is 7.80. The first kappa shape index (κ1) is 14.2. The number of carbonyl (C=O) groups is 2. The van der Waals surface area contributed by atoms with Crippen LogP contribution >= 0.6 is 12.2 Å². The van der Waals surface area contributed by atoms with Gasteiger partial charge in [0.15, 0.2) is 5.11 Å². The summed E-state index contributed by atoms with van der Waals surface area (Å²) in [5.74, 6) is 0.132. The lowest BCUT2D eigenvalue weighted by molar-refractivity contribution is -0.122. The van der Waals surface area contributed by atoms with Crippen molar-refractivity contribution in [2.45, 2.75) is 6.92 Å². The van der Waals surface area contributed by atoms with E-state index in [1.54, 1.807) is 43.3 Å². The molecule has 1 aromatic heterocycles. The molecule has 1 fully saturated rings. The molecule has 0 bridgehead atoms. The number of amides is 2. The average Bonchev–Trinajstić information content (AvgIpc) is 2.90. The molecule has 1 saturated heterocycles. The monoisotopic (exact) mass is 312 g/mol. The molecule has 1 aliphatic rings. The van der Waals surface area contributed by atoms with Crippen LogP contribution in [0.25, 0.3) is 6.08 Å². The summed E-state index contributed by atoms with van der Waals surface area (Å²) in [5.41, 5.74) is 0.575. The third-order valence-corrected chi connectivity index (χ3v) is 3.45. The third kappa shape index (κ3) is 2.56. The predicted octanol–water partition coefficient (Wildman–Crippen LogP) is 2.42. The van der Waals surface area contributed by atoms with Gasteiger partial charge in [-0.25, -0.2) is 0 Å². The van der Waals surface area contributed by atoms with Crippen molar-refractivity contribution in [1.29, 1.82) is 0 Å². The number of carbonyl (C=O) groups excluding carboxylic acids is 2. The number of benzene rings is 1. The molecular formula is C16H12N2O3S. The van der Waals surface area contributed by atoms with Crippen molar-refractivity contribution in [3.05, 3.63) is 59.6 Å². The Morgan fingerprint density at radius 1 is 1.14 bits per heavy atom. The predicted molar refractivity (Wildman–Crippen MR) is 86.1 cm³/mol. The molecule has 1 aliphatic heterocycles. The quantitative estimate of drug-likeness (QED) is 0.525. The zero-order valence-electron chi connectivity index (χ0n) is 11.7. The highest BCUT2D eigenvalue weighted by Gasteiger charge is 2.34. The smallest absolute Gasteiger partial charge is 0.270 e. The second kappa shape index (κ2) is 5.57. The Morgan fingerprint density at radius 2 is 1.86 bits per heavy atom. The maximum absolute atomic E-state index is 12.6. The Morgan fingerprint density at radius 3 is 2.50 bits per heavy atom. The lowest BCUT2D eigenvalue weighted by Gasteiger charge is -2.28. The van der Waals surface area contributed by atoms with E-state index in [1.165, 1.54) is 11.0 Å². The molecule has 22 heavy (non-hydrogen) atoms. The Balaban J connectivity index is 2.01. The second-order valence-corrected chi connectivity index (χ2v) is 5.13. The topological polar surface area (TPSA) is 62.6 Å². The van der Waals surface area contributed by atoms with Gasteiger partial charge in [-0.15, -0.1) is 0 Å². The highest BCUT2D eigenvalue weighted by atomic mass is 32.1. The standard InChI is InChI=1S/C16H12N2O3S/c1-10-7-8-12(21-10)9-13-14(19)17-16(22)18(15(13)20)11-5-3-2-4-6-11/h2-9H,1H3,(H,17,19,22)/b13-9-. The second-order valence-electron chi connectivity index (χ2n) is 4.74. The van der Waals surface area contributed by atoms with E-state index in [1.807, 2.05) is 6.07 Å². The fourth-order valence-electron chi connectivity index (χ4n) is 2.14. The number of thiocarbonyl (C=S) groups is 1. The van der Waals surface area contributed by atoms with Crippen LogP contribution in [0.4, 0.5) is 5.69 Å². The first-order valence-corrected chi connectivity index (χ1v) is 7.00. The van der Waals surface area contributed by atoms with E-state index in [4.69, 9.17) is 16.6 Å². The van der Waals surface area contributed by atoms with E-state index in [9.17, 15) is 9.59 Å². The summed E-state index contributed by atoms with van der Waals surface area (Å²) in [6, 6.07) is 12.4. The van der Waals surface area contributed by atoms with Crippen LogP contribution in [0.3, 0.4) is 0 Å². The normalized spacial score (nSPS) is 17.0. The number of para-hydroxylation sites is 1. The molecular weight excluding hydrogens is 300 g/mol. The molecule has 2 heterocycles. The summed E-state index contributed by atoms with van der Waals surface area (Å²) in [7, 11) is 0. The molecule has 0 saturated carbocycles. The Hall–Kier alpha value is -2.73. The molecule has 3 rings (SSSR count). The van der Waals surface area contributed by atoms with Crippen LogP contribution in [0.15, 0.2) is 52.5 Å². The zero-order valence-corrected chi connectivity index (χ0v) is 12.5. The van der Waals surface area contributed by atoms with Crippen molar-refractivity contribution >= 4 is 40.9 Å². The Bertz CT molecular complexity index is 793. The van der Waals surface area contributed by atoms with Gasteiger partial charge in [0.25, 0.3) is 11.8 Å². The molecule has 110 valence electrons. The number of anilines is 1. The molecule has 0 aliphatic carbocycles. The van der Waals surface area contributed by atoms with E-state index in [2.05, 4.69) is 5.32 Å². The zero-order chi connectivity index (χ0) is 15.7. The number of furan rings is 1. The van der Waals surface area contributed by atoms with Crippen LogP contribution in [-0.2, 0) is 9.59 Å². The van der Waals surface area contributed by atoms with Gasteiger partial charge in [-0.2, -0.15) is 0 Å². The molecule has 0 unspecified atom stereocenters. The minimum atomic E-state index is -0.531. The summed E-state index contributed by atoms with van der Waals surface area (Å²) >= 11 is 5.11. The average molecular weight is 312 g/mol. The van der Waals surface area contributed by atoms with Crippen LogP contribution < -0.4 is 10.2 Å². The van der Waals surface area contributed by atoms with Crippen LogP contribution in [0.2, 0.25) is 0 Å². The Labute approximate surface area is 132 Å². The van der Waals surface area contributed by atoms with Gasteiger partial charge in [-0.1, -0.05) is 18.2 Å². The van der Waals surface area contributed by atoms with Crippen molar-refractivity contribution in [1.82, 2.24) is 5.32 Å². The fourth-order valence-corrected chi connectivity index (χ4v) is 2.42. The van der Waals surface area contributed by atoms with Gasteiger partial charge in [-0.3, -0.25) is 19.8 Å². The van der Waals surface area contributed by atoms with Gasteiger partial charge in [-0.05, 0) is 49.5 Å². The molecule has 1 aromatic carbocycles. The van der Waals surface area contributed by atoms with Crippen LogP contribution in [0.5, 0.6) is 0 Å². The van der Waals surface area contributed by atoms with Crippen LogP contribution in [0, 0.1) is 6.92 Å². The summed E-state index contributed by atoms with van der Waals surface area (Å²) in [5, 5.41) is 2.59. The van der Waals surface area contributed by atoms with Crippen LogP contribution in [0.1, 0.15) is 11.5 Å². The van der Waals surface area contributed by atoms with Crippen LogP contribution in [-0.4, -0.2) is 16.9 Å². The number of rotatable bonds is 2. The van der Waals surface area contributed by atoms with E-state index in [0.717, 1.165) is 0 Å². The molecule has 1 N–H and O–H groups in total. The molecule has 2 aromatic rings. The van der Waals surface area contributed by atoms with Gasteiger partial charge in [0.2, 0.25) is 0 Å². The van der Waals surface area contributed by atoms with Crippen molar-refractivity contribution in [3.8, 4) is 0 Å². The third-order valence-electron chi connectivity index (χ3n) is 3.16. The highest BCUT2D eigenvalue weighted by Crippen LogP contribution is 2.22. The molecule has 5 nitrogen and oxygen atoms in total. The van der Waals surface area contributed by atoms with E-state index < -0.39 is 11.8 Å². The maximum Gasteiger partial charge on any atom is 0.270 e. The molecule has 0 atom stereocenters.